The minimum absolute atomic E-state index is 0.0380. The number of rotatable bonds is 5. The Morgan fingerprint density at radius 3 is 2.16 bits per heavy atom. The number of carbonyl (C=O) groups is 1. The Labute approximate surface area is 150 Å². The average Bonchev–Trinajstić information content (AvgIpc) is 2.65. The maximum atomic E-state index is 12.3. The van der Waals surface area contributed by atoms with Gasteiger partial charge in [0.25, 0.3) is 0 Å². The first-order valence-corrected chi connectivity index (χ1v) is 9.11. The molecule has 0 saturated carbocycles. The first-order chi connectivity index (χ1) is 12.1. The van der Waals surface area contributed by atoms with Gasteiger partial charge in [0.05, 0.1) is 0 Å². The molecule has 0 aromatic heterocycles. The highest BCUT2D eigenvalue weighted by Crippen LogP contribution is 2.22. The number of amides is 1. The van der Waals surface area contributed by atoms with E-state index in [-0.39, 0.29) is 11.9 Å². The molecule has 1 heterocycles. The van der Waals surface area contributed by atoms with Gasteiger partial charge in [-0.3, -0.25) is 4.79 Å². The van der Waals surface area contributed by atoms with Gasteiger partial charge in [0.2, 0.25) is 5.91 Å². The van der Waals surface area contributed by atoms with Crippen molar-refractivity contribution < 1.29 is 4.79 Å². The summed E-state index contributed by atoms with van der Waals surface area (Å²) in [5, 5.41) is 6.22. The lowest BCUT2D eigenvalue weighted by atomic mass is 10.1. The van der Waals surface area contributed by atoms with E-state index < -0.39 is 0 Å². The smallest absolute Gasteiger partial charge is 0.246 e. The van der Waals surface area contributed by atoms with E-state index in [9.17, 15) is 4.79 Å². The number of nitrogens with one attached hydrogen (secondary N) is 2. The molecular weight excluding hydrogens is 310 g/mol. The number of nitrogens with zero attached hydrogens (tertiary/aromatic N) is 1. The van der Waals surface area contributed by atoms with Crippen LogP contribution in [0.25, 0.3) is 0 Å². The molecule has 1 unspecified atom stereocenters. The van der Waals surface area contributed by atoms with E-state index in [0.29, 0.717) is 0 Å². The molecule has 1 atom stereocenters. The third-order valence-corrected chi connectivity index (χ3v) is 4.68. The van der Waals surface area contributed by atoms with Crippen molar-refractivity contribution in [1.82, 2.24) is 0 Å². The molecule has 0 bridgehead atoms. The summed E-state index contributed by atoms with van der Waals surface area (Å²) >= 11 is 0. The van der Waals surface area contributed by atoms with Crippen LogP contribution in [0.2, 0.25) is 0 Å². The Bertz CT molecular complexity index is 688. The summed E-state index contributed by atoms with van der Waals surface area (Å²) in [7, 11) is 0. The Hall–Kier alpha value is -2.49. The van der Waals surface area contributed by atoms with Gasteiger partial charge in [0, 0.05) is 30.2 Å². The molecule has 0 radical (unpaired) electrons. The number of piperidine rings is 1. The SMILES string of the molecule is Cc1ccc(NC(=O)C(C)Nc2ccc(N3CCCCC3)cc2)cc1. The number of benzene rings is 2. The molecule has 1 aliphatic rings. The van der Waals surface area contributed by atoms with Crippen molar-refractivity contribution >= 4 is 23.0 Å². The molecule has 4 nitrogen and oxygen atoms in total. The van der Waals surface area contributed by atoms with Crippen molar-refractivity contribution in [3.8, 4) is 0 Å². The van der Waals surface area contributed by atoms with E-state index >= 15 is 0 Å². The maximum absolute atomic E-state index is 12.3. The second-order valence-corrected chi connectivity index (χ2v) is 6.82. The molecule has 4 heteroatoms. The number of anilines is 3. The minimum Gasteiger partial charge on any atom is -0.374 e. The van der Waals surface area contributed by atoms with Crippen LogP contribution in [0.15, 0.2) is 48.5 Å². The molecular formula is C21H27N3O. The molecule has 0 spiro atoms. The summed E-state index contributed by atoms with van der Waals surface area (Å²) in [5.74, 6) is -0.0380. The van der Waals surface area contributed by atoms with E-state index in [1.54, 1.807) is 0 Å². The standard InChI is InChI=1S/C21H27N3O/c1-16-6-8-19(9-7-16)23-21(25)17(2)22-18-10-12-20(13-11-18)24-14-4-3-5-15-24/h6-13,17,22H,3-5,14-15H2,1-2H3,(H,23,25). The van der Waals surface area contributed by atoms with E-state index in [0.717, 1.165) is 24.5 Å². The lowest BCUT2D eigenvalue weighted by Crippen LogP contribution is -2.32. The summed E-state index contributed by atoms with van der Waals surface area (Å²) in [5.41, 5.74) is 4.23. The van der Waals surface area contributed by atoms with Gasteiger partial charge in [0.1, 0.15) is 6.04 Å². The number of hydrogen-bond donors (Lipinski definition) is 2. The van der Waals surface area contributed by atoms with Gasteiger partial charge in [-0.2, -0.15) is 0 Å². The topological polar surface area (TPSA) is 44.4 Å². The molecule has 2 aromatic rings. The summed E-state index contributed by atoms with van der Waals surface area (Å²) in [6.45, 7) is 6.19. The normalized spacial score (nSPS) is 15.5. The fourth-order valence-corrected chi connectivity index (χ4v) is 3.12. The molecule has 132 valence electrons. The second-order valence-electron chi connectivity index (χ2n) is 6.82. The van der Waals surface area contributed by atoms with Gasteiger partial charge >= 0.3 is 0 Å². The Balaban J connectivity index is 1.55. The largest absolute Gasteiger partial charge is 0.374 e. The first kappa shape index (κ1) is 17.3. The average molecular weight is 337 g/mol. The van der Waals surface area contributed by atoms with Gasteiger partial charge in [-0.05, 0) is 69.5 Å². The summed E-state index contributed by atoms with van der Waals surface area (Å²) in [4.78, 5) is 14.8. The van der Waals surface area contributed by atoms with Crippen LogP contribution >= 0.6 is 0 Å². The monoisotopic (exact) mass is 337 g/mol. The molecule has 1 amide bonds. The Kier molecular flexibility index (Phi) is 5.59. The highest BCUT2D eigenvalue weighted by molar-refractivity contribution is 5.96. The van der Waals surface area contributed by atoms with Gasteiger partial charge in [-0.1, -0.05) is 17.7 Å². The fraction of sp³-hybridized carbons (Fsp3) is 0.381. The zero-order valence-corrected chi connectivity index (χ0v) is 15.1. The van der Waals surface area contributed by atoms with Crippen molar-refractivity contribution in [2.45, 2.75) is 39.2 Å². The predicted octanol–water partition coefficient (Wildman–Crippen LogP) is 4.42. The van der Waals surface area contributed by atoms with Crippen LogP contribution in [0.1, 0.15) is 31.7 Å². The highest BCUT2D eigenvalue weighted by Gasteiger charge is 2.14. The van der Waals surface area contributed by atoms with Crippen molar-refractivity contribution in [3.05, 3.63) is 54.1 Å². The van der Waals surface area contributed by atoms with E-state index in [1.165, 1.54) is 30.5 Å². The van der Waals surface area contributed by atoms with Crippen LogP contribution in [0.5, 0.6) is 0 Å². The second kappa shape index (κ2) is 8.06. The third kappa shape index (κ3) is 4.75. The molecule has 1 saturated heterocycles. The molecule has 1 fully saturated rings. The van der Waals surface area contributed by atoms with Crippen LogP contribution in [0, 0.1) is 6.92 Å². The lowest BCUT2D eigenvalue weighted by molar-refractivity contribution is -0.116. The first-order valence-electron chi connectivity index (χ1n) is 9.11. The maximum Gasteiger partial charge on any atom is 0.246 e. The van der Waals surface area contributed by atoms with Crippen molar-refractivity contribution in [3.63, 3.8) is 0 Å². The molecule has 3 rings (SSSR count). The van der Waals surface area contributed by atoms with Crippen molar-refractivity contribution in [2.75, 3.05) is 28.6 Å². The minimum atomic E-state index is -0.304. The third-order valence-electron chi connectivity index (χ3n) is 4.68. The molecule has 1 aliphatic heterocycles. The highest BCUT2D eigenvalue weighted by atomic mass is 16.2. The lowest BCUT2D eigenvalue weighted by Gasteiger charge is -2.29. The number of carbonyl (C=O) groups excluding carboxylic acids is 1. The quantitative estimate of drug-likeness (QED) is 0.848. The van der Waals surface area contributed by atoms with Crippen LogP contribution in [0.3, 0.4) is 0 Å². The van der Waals surface area contributed by atoms with E-state index in [2.05, 4.69) is 39.8 Å². The number of aryl methyl sites for hydroxylation is 1. The zero-order chi connectivity index (χ0) is 17.6. The summed E-state index contributed by atoms with van der Waals surface area (Å²) < 4.78 is 0. The fourth-order valence-electron chi connectivity index (χ4n) is 3.12. The van der Waals surface area contributed by atoms with Gasteiger partial charge in [0.15, 0.2) is 0 Å². The van der Waals surface area contributed by atoms with Gasteiger partial charge in [-0.25, -0.2) is 0 Å². The zero-order valence-electron chi connectivity index (χ0n) is 15.1. The van der Waals surface area contributed by atoms with Crippen molar-refractivity contribution in [2.24, 2.45) is 0 Å². The van der Waals surface area contributed by atoms with Crippen molar-refractivity contribution in [1.29, 1.82) is 0 Å². The van der Waals surface area contributed by atoms with Gasteiger partial charge < -0.3 is 15.5 Å². The number of hydrogen-bond acceptors (Lipinski definition) is 3. The van der Waals surface area contributed by atoms with Crippen LogP contribution in [-0.4, -0.2) is 25.0 Å². The molecule has 2 aromatic carbocycles. The van der Waals surface area contributed by atoms with Crippen LogP contribution in [0.4, 0.5) is 17.1 Å². The predicted molar refractivity (Wildman–Crippen MR) is 105 cm³/mol. The molecule has 0 aliphatic carbocycles. The Morgan fingerprint density at radius 2 is 1.52 bits per heavy atom. The molecule has 25 heavy (non-hydrogen) atoms. The van der Waals surface area contributed by atoms with E-state index in [1.807, 2.05) is 38.1 Å². The Morgan fingerprint density at radius 1 is 0.920 bits per heavy atom. The van der Waals surface area contributed by atoms with Gasteiger partial charge in [-0.15, -0.1) is 0 Å². The molecule has 2 N–H and O–H groups in total. The van der Waals surface area contributed by atoms with Crippen LogP contribution < -0.4 is 15.5 Å². The van der Waals surface area contributed by atoms with Crippen LogP contribution in [-0.2, 0) is 4.79 Å². The summed E-state index contributed by atoms with van der Waals surface area (Å²) in [6.07, 6.45) is 3.89. The van der Waals surface area contributed by atoms with E-state index in [4.69, 9.17) is 0 Å². The summed E-state index contributed by atoms with van der Waals surface area (Å²) in [6, 6.07) is 15.9.